The van der Waals surface area contributed by atoms with Crippen LogP contribution in [-0.2, 0) is 0 Å². The van der Waals surface area contributed by atoms with Gasteiger partial charge in [-0.2, -0.15) is 0 Å². The molecule has 2 aromatic rings. The maximum Gasteiger partial charge on any atom is 0.117 e. The molecule has 0 amide bonds. The van der Waals surface area contributed by atoms with E-state index in [-0.39, 0.29) is 0 Å². The lowest BCUT2D eigenvalue weighted by Gasteiger charge is -2.09. The Labute approximate surface area is 83.4 Å². The van der Waals surface area contributed by atoms with Gasteiger partial charge in [0.2, 0.25) is 0 Å². The lowest BCUT2D eigenvalue weighted by Crippen LogP contribution is -1.97. The largest absolute Gasteiger partial charge is 0.508 e. The first-order valence-electron chi connectivity index (χ1n) is 4.63. The third-order valence-corrected chi connectivity index (χ3v) is 2.36. The molecule has 0 radical (unpaired) electrons. The minimum absolute atomic E-state index is 0.301. The molecular weight excluding hydrogens is 174 g/mol. The molecule has 0 aliphatic heterocycles. The summed E-state index contributed by atoms with van der Waals surface area (Å²) in [7, 11) is 0. The molecule has 0 spiro atoms. The van der Waals surface area contributed by atoms with Crippen LogP contribution in [0.15, 0.2) is 36.4 Å². The molecule has 1 aromatic carbocycles. The molecule has 0 aliphatic carbocycles. The van der Waals surface area contributed by atoms with Gasteiger partial charge >= 0.3 is 0 Å². The van der Waals surface area contributed by atoms with Gasteiger partial charge < -0.3 is 9.67 Å². The maximum absolute atomic E-state index is 9.38. The lowest BCUT2D eigenvalue weighted by atomic mass is 10.3. The molecule has 0 saturated heterocycles. The van der Waals surface area contributed by atoms with Crippen LogP contribution < -0.4 is 0 Å². The van der Waals surface area contributed by atoms with E-state index in [2.05, 4.69) is 30.5 Å². The fraction of sp³-hybridized carbons (Fsp3) is 0.167. The Hall–Kier alpha value is -1.70. The third-order valence-electron chi connectivity index (χ3n) is 2.36. The molecular formula is C12H13NO. The van der Waals surface area contributed by atoms with Gasteiger partial charge in [-0.1, -0.05) is 6.07 Å². The summed E-state index contributed by atoms with van der Waals surface area (Å²) in [5.74, 6) is 0.301. The summed E-state index contributed by atoms with van der Waals surface area (Å²) in [6, 6.07) is 11.4. The number of benzene rings is 1. The number of aromatic hydroxyl groups is 1. The van der Waals surface area contributed by atoms with Crippen molar-refractivity contribution in [3.8, 4) is 11.4 Å². The summed E-state index contributed by atoms with van der Waals surface area (Å²) in [4.78, 5) is 0. The molecule has 2 heteroatoms. The number of phenolic OH excluding ortho intramolecular Hbond substituents is 1. The van der Waals surface area contributed by atoms with Crippen LogP contribution in [0.4, 0.5) is 0 Å². The van der Waals surface area contributed by atoms with Crippen LogP contribution in [0.3, 0.4) is 0 Å². The first-order chi connectivity index (χ1) is 6.68. The normalized spacial score (nSPS) is 10.4. The van der Waals surface area contributed by atoms with Crippen LogP contribution in [0.25, 0.3) is 5.69 Å². The van der Waals surface area contributed by atoms with Crippen LogP contribution in [0.5, 0.6) is 5.75 Å². The lowest BCUT2D eigenvalue weighted by molar-refractivity contribution is 0.475. The highest BCUT2D eigenvalue weighted by molar-refractivity contribution is 5.42. The smallest absolute Gasteiger partial charge is 0.117 e. The molecule has 1 aromatic heterocycles. The van der Waals surface area contributed by atoms with E-state index in [0.717, 1.165) is 5.69 Å². The molecule has 0 fully saturated rings. The first-order valence-corrected chi connectivity index (χ1v) is 4.63. The van der Waals surface area contributed by atoms with Crippen molar-refractivity contribution >= 4 is 0 Å². The molecule has 1 N–H and O–H groups in total. The summed E-state index contributed by atoms with van der Waals surface area (Å²) in [5, 5.41) is 9.38. The van der Waals surface area contributed by atoms with E-state index in [1.807, 2.05) is 12.1 Å². The zero-order valence-electron chi connectivity index (χ0n) is 8.36. The highest BCUT2D eigenvalue weighted by atomic mass is 16.3. The van der Waals surface area contributed by atoms with Gasteiger partial charge in [-0.25, -0.2) is 0 Å². The van der Waals surface area contributed by atoms with Crippen LogP contribution in [0.1, 0.15) is 11.4 Å². The minimum atomic E-state index is 0.301. The molecule has 2 rings (SSSR count). The van der Waals surface area contributed by atoms with Crippen molar-refractivity contribution < 1.29 is 5.11 Å². The SMILES string of the molecule is Cc1ccc(C)n1-c1cccc(O)c1. The predicted molar refractivity (Wildman–Crippen MR) is 56.9 cm³/mol. The van der Waals surface area contributed by atoms with Crippen LogP contribution >= 0.6 is 0 Å². The Balaban J connectivity index is 2.59. The molecule has 2 nitrogen and oxygen atoms in total. The topological polar surface area (TPSA) is 25.2 Å². The standard InChI is InChI=1S/C12H13NO/c1-9-6-7-10(2)13(9)11-4-3-5-12(14)8-11/h3-8,14H,1-2H3. The van der Waals surface area contributed by atoms with Gasteiger partial charge in [0.15, 0.2) is 0 Å². The molecule has 0 saturated carbocycles. The monoisotopic (exact) mass is 187 g/mol. The fourth-order valence-electron chi connectivity index (χ4n) is 1.71. The quantitative estimate of drug-likeness (QED) is 0.729. The van der Waals surface area contributed by atoms with E-state index in [9.17, 15) is 5.11 Å². The second kappa shape index (κ2) is 3.22. The fourth-order valence-corrected chi connectivity index (χ4v) is 1.71. The molecule has 0 bridgehead atoms. The second-order valence-corrected chi connectivity index (χ2v) is 3.47. The summed E-state index contributed by atoms with van der Waals surface area (Å²) in [6.45, 7) is 4.11. The summed E-state index contributed by atoms with van der Waals surface area (Å²) < 4.78 is 2.11. The Morgan fingerprint density at radius 1 is 1.00 bits per heavy atom. The molecule has 72 valence electrons. The van der Waals surface area contributed by atoms with Gasteiger partial charge in [-0.15, -0.1) is 0 Å². The van der Waals surface area contributed by atoms with Gasteiger partial charge in [0.25, 0.3) is 0 Å². The number of aryl methyl sites for hydroxylation is 2. The summed E-state index contributed by atoms with van der Waals surface area (Å²) in [6.07, 6.45) is 0. The van der Waals surface area contributed by atoms with E-state index in [1.54, 1.807) is 12.1 Å². The Morgan fingerprint density at radius 2 is 1.64 bits per heavy atom. The molecule has 0 atom stereocenters. The number of nitrogens with zero attached hydrogens (tertiary/aromatic N) is 1. The van der Waals surface area contributed by atoms with Gasteiger partial charge in [0, 0.05) is 23.1 Å². The van der Waals surface area contributed by atoms with Gasteiger partial charge in [-0.05, 0) is 38.1 Å². The zero-order chi connectivity index (χ0) is 10.1. The van der Waals surface area contributed by atoms with Crippen LogP contribution in [-0.4, -0.2) is 9.67 Å². The zero-order valence-corrected chi connectivity index (χ0v) is 8.36. The van der Waals surface area contributed by atoms with E-state index < -0.39 is 0 Å². The van der Waals surface area contributed by atoms with E-state index >= 15 is 0 Å². The van der Waals surface area contributed by atoms with Gasteiger partial charge in [-0.3, -0.25) is 0 Å². The average molecular weight is 187 g/mol. The highest BCUT2D eigenvalue weighted by Gasteiger charge is 2.03. The molecule has 14 heavy (non-hydrogen) atoms. The van der Waals surface area contributed by atoms with Crippen molar-refractivity contribution in [3.05, 3.63) is 47.8 Å². The van der Waals surface area contributed by atoms with Gasteiger partial charge in [0.05, 0.1) is 0 Å². The van der Waals surface area contributed by atoms with Crippen LogP contribution in [0, 0.1) is 13.8 Å². The Kier molecular flexibility index (Phi) is 2.04. The summed E-state index contributed by atoms with van der Waals surface area (Å²) in [5.41, 5.74) is 3.35. The third kappa shape index (κ3) is 1.39. The molecule has 1 heterocycles. The Bertz CT molecular complexity index is 438. The van der Waals surface area contributed by atoms with Crippen molar-refractivity contribution in [2.24, 2.45) is 0 Å². The van der Waals surface area contributed by atoms with E-state index in [0.29, 0.717) is 5.75 Å². The predicted octanol–water partition coefficient (Wildman–Crippen LogP) is 2.80. The number of phenols is 1. The van der Waals surface area contributed by atoms with Crippen molar-refractivity contribution in [3.63, 3.8) is 0 Å². The maximum atomic E-state index is 9.38. The number of hydrogen-bond acceptors (Lipinski definition) is 1. The van der Waals surface area contributed by atoms with E-state index in [1.165, 1.54) is 11.4 Å². The second-order valence-electron chi connectivity index (χ2n) is 3.47. The van der Waals surface area contributed by atoms with Gasteiger partial charge in [0.1, 0.15) is 5.75 Å². The van der Waals surface area contributed by atoms with Crippen molar-refractivity contribution in [1.82, 2.24) is 4.57 Å². The van der Waals surface area contributed by atoms with Crippen molar-refractivity contribution in [2.75, 3.05) is 0 Å². The highest BCUT2D eigenvalue weighted by Crippen LogP contribution is 2.19. The van der Waals surface area contributed by atoms with E-state index in [4.69, 9.17) is 0 Å². The average Bonchev–Trinajstić information content (AvgIpc) is 2.46. The van der Waals surface area contributed by atoms with Crippen molar-refractivity contribution in [1.29, 1.82) is 0 Å². The molecule has 0 aliphatic rings. The number of aromatic nitrogens is 1. The first kappa shape index (κ1) is 8.88. The minimum Gasteiger partial charge on any atom is -0.508 e. The number of hydrogen-bond donors (Lipinski definition) is 1. The summed E-state index contributed by atoms with van der Waals surface area (Å²) >= 11 is 0. The molecule has 0 unspecified atom stereocenters. The van der Waals surface area contributed by atoms with Crippen LogP contribution in [0.2, 0.25) is 0 Å². The number of rotatable bonds is 1. The van der Waals surface area contributed by atoms with Crippen molar-refractivity contribution in [2.45, 2.75) is 13.8 Å². The Morgan fingerprint density at radius 3 is 2.21 bits per heavy atom.